The first-order chi connectivity index (χ1) is 10.2. The Labute approximate surface area is 122 Å². The Morgan fingerprint density at radius 2 is 1.33 bits per heavy atom. The van der Waals surface area contributed by atoms with Crippen LogP contribution in [0.15, 0.2) is 36.7 Å². The van der Waals surface area contributed by atoms with E-state index in [1.807, 2.05) is 0 Å². The molecule has 0 aliphatic carbocycles. The van der Waals surface area contributed by atoms with Gasteiger partial charge < -0.3 is 10.6 Å². The molecule has 0 fully saturated rings. The number of thiophene rings is 1. The molecule has 3 heterocycles. The molecule has 0 spiro atoms. The maximum atomic E-state index is 12.0. The summed E-state index contributed by atoms with van der Waals surface area (Å²) in [5, 5.41) is 18.0. The lowest BCUT2D eigenvalue weighted by atomic mass is 10.4. The van der Waals surface area contributed by atoms with Gasteiger partial charge in [0.25, 0.3) is 11.8 Å². The molecule has 3 aromatic rings. The molecule has 21 heavy (non-hydrogen) atoms. The van der Waals surface area contributed by atoms with Crippen molar-refractivity contribution in [1.82, 2.24) is 20.4 Å². The fraction of sp³-hybridized carbons (Fsp3) is 0. The van der Waals surface area contributed by atoms with Gasteiger partial charge in [-0.2, -0.15) is 10.2 Å². The fourth-order valence-electron chi connectivity index (χ4n) is 1.60. The number of nitrogens with one attached hydrogen (secondary N) is 4. The molecule has 2 amide bonds. The zero-order chi connectivity index (χ0) is 14.7. The molecule has 0 bridgehead atoms. The second kappa shape index (κ2) is 5.59. The first-order valence-electron chi connectivity index (χ1n) is 5.93. The van der Waals surface area contributed by atoms with Gasteiger partial charge in [0.15, 0.2) is 0 Å². The van der Waals surface area contributed by atoms with E-state index in [2.05, 4.69) is 31.0 Å². The third-order valence-corrected chi connectivity index (χ3v) is 3.63. The predicted octanol–water partition coefficient (Wildman–Crippen LogP) is 1.70. The van der Waals surface area contributed by atoms with Crippen LogP contribution >= 0.6 is 11.3 Å². The van der Waals surface area contributed by atoms with Crippen molar-refractivity contribution in [2.75, 3.05) is 10.6 Å². The monoisotopic (exact) mass is 302 g/mol. The Balaban J connectivity index is 1.68. The van der Waals surface area contributed by atoms with Gasteiger partial charge in [0.2, 0.25) is 0 Å². The van der Waals surface area contributed by atoms with E-state index in [0.717, 1.165) is 11.3 Å². The van der Waals surface area contributed by atoms with Crippen molar-refractivity contribution in [3.8, 4) is 0 Å². The molecule has 0 saturated carbocycles. The number of carbonyl (C=O) groups excluding carboxylic acids is 2. The number of carbonyl (C=O) groups is 2. The van der Waals surface area contributed by atoms with Crippen LogP contribution in [0.4, 0.5) is 11.6 Å². The molecular formula is C12H10N6O2S. The zero-order valence-electron chi connectivity index (χ0n) is 10.6. The molecule has 9 heteroatoms. The normalized spacial score (nSPS) is 10.3. The number of rotatable bonds is 4. The van der Waals surface area contributed by atoms with E-state index >= 15 is 0 Å². The van der Waals surface area contributed by atoms with Gasteiger partial charge in [0.05, 0.1) is 22.1 Å². The number of hydrogen-bond acceptors (Lipinski definition) is 5. The van der Waals surface area contributed by atoms with Gasteiger partial charge in [-0.05, 0) is 12.1 Å². The summed E-state index contributed by atoms with van der Waals surface area (Å²) in [5.74, 6) is 0.392. The maximum absolute atomic E-state index is 12.0. The molecule has 8 nitrogen and oxygen atoms in total. The summed E-state index contributed by atoms with van der Waals surface area (Å²) in [6.45, 7) is 0. The van der Waals surface area contributed by atoms with Crippen LogP contribution in [-0.2, 0) is 0 Å². The number of H-pyrrole nitrogens is 2. The average molecular weight is 302 g/mol. The molecule has 3 rings (SSSR count). The molecule has 4 N–H and O–H groups in total. The second-order valence-electron chi connectivity index (χ2n) is 4.01. The lowest BCUT2D eigenvalue weighted by Crippen LogP contribution is -2.11. The summed E-state index contributed by atoms with van der Waals surface area (Å²) in [4.78, 5) is 24.8. The van der Waals surface area contributed by atoms with E-state index in [4.69, 9.17) is 0 Å². The first-order valence-corrected chi connectivity index (χ1v) is 6.75. The second-order valence-corrected chi connectivity index (χ2v) is 5.10. The number of aromatic amines is 2. The maximum Gasteiger partial charge on any atom is 0.266 e. The van der Waals surface area contributed by atoms with E-state index in [1.165, 1.54) is 12.4 Å². The molecule has 106 valence electrons. The molecule has 0 aliphatic rings. The number of aromatic nitrogens is 4. The van der Waals surface area contributed by atoms with Crippen LogP contribution in [0.25, 0.3) is 0 Å². The molecule has 0 radical (unpaired) electrons. The van der Waals surface area contributed by atoms with Gasteiger partial charge in [-0.15, -0.1) is 11.3 Å². The van der Waals surface area contributed by atoms with Gasteiger partial charge in [-0.3, -0.25) is 19.8 Å². The summed E-state index contributed by atoms with van der Waals surface area (Å²) >= 11 is 1.10. The Kier molecular flexibility index (Phi) is 3.48. The highest BCUT2D eigenvalue weighted by Gasteiger charge is 2.14. The third-order valence-electron chi connectivity index (χ3n) is 2.55. The van der Waals surface area contributed by atoms with Crippen molar-refractivity contribution in [2.45, 2.75) is 0 Å². The molecule has 0 aromatic carbocycles. The lowest BCUT2D eigenvalue weighted by Gasteiger charge is -1.99. The SMILES string of the molecule is O=C(Nc1ccn[nH]1)c1ccc(C(=O)Nc2ccn[nH]2)s1. The minimum absolute atomic E-state index is 0.301. The lowest BCUT2D eigenvalue weighted by molar-refractivity contribution is 0.102. The molecule has 0 aliphatic heterocycles. The van der Waals surface area contributed by atoms with Crippen LogP contribution in [0.5, 0.6) is 0 Å². The van der Waals surface area contributed by atoms with Gasteiger partial charge in [-0.1, -0.05) is 0 Å². The zero-order valence-corrected chi connectivity index (χ0v) is 11.4. The molecular weight excluding hydrogens is 292 g/mol. The van der Waals surface area contributed by atoms with Gasteiger partial charge in [-0.25, -0.2) is 0 Å². The van der Waals surface area contributed by atoms with E-state index in [0.29, 0.717) is 21.4 Å². The molecule has 0 unspecified atom stereocenters. The smallest absolute Gasteiger partial charge is 0.266 e. The van der Waals surface area contributed by atoms with Gasteiger partial charge in [0, 0.05) is 12.1 Å². The number of nitrogens with zero attached hydrogens (tertiary/aromatic N) is 2. The van der Waals surface area contributed by atoms with Crippen molar-refractivity contribution < 1.29 is 9.59 Å². The molecule has 0 saturated heterocycles. The number of hydrogen-bond donors (Lipinski definition) is 4. The minimum atomic E-state index is -0.301. The van der Waals surface area contributed by atoms with Crippen molar-refractivity contribution in [3.05, 3.63) is 46.4 Å². The third kappa shape index (κ3) is 2.98. The van der Waals surface area contributed by atoms with Crippen LogP contribution < -0.4 is 10.6 Å². The topological polar surface area (TPSA) is 116 Å². The number of amides is 2. The van der Waals surface area contributed by atoms with Crippen LogP contribution in [0.2, 0.25) is 0 Å². The highest BCUT2D eigenvalue weighted by atomic mass is 32.1. The van der Waals surface area contributed by atoms with Gasteiger partial charge in [0.1, 0.15) is 11.6 Å². The number of anilines is 2. The Morgan fingerprint density at radius 1 is 0.857 bits per heavy atom. The fourth-order valence-corrected chi connectivity index (χ4v) is 2.40. The largest absolute Gasteiger partial charge is 0.306 e. The average Bonchev–Trinajstić information content (AvgIpc) is 3.21. The summed E-state index contributed by atoms with van der Waals surface area (Å²) in [6.07, 6.45) is 3.07. The van der Waals surface area contributed by atoms with Crippen LogP contribution in [0, 0.1) is 0 Å². The summed E-state index contributed by atoms with van der Waals surface area (Å²) in [7, 11) is 0. The van der Waals surface area contributed by atoms with E-state index < -0.39 is 0 Å². The van der Waals surface area contributed by atoms with E-state index in [9.17, 15) is 9.59 Å². The molecule has 0 atom stereocenters. The van der Waals surface area contributed by atoms with Crippen molar-refractivity contribution >= 4 is 34.8 Å². The van der Waals surface area contributed by atoms with Crippen LogP contribution in [0.1, 0.15) is 19.3 Å². The highest BCUT2D eigenvalue weighted by molar-refractivity contribution is 7.16. The van der Waals surface area contributed by atoms with Crippen molar-refractivity contribution in [3.63, 3.8) is 0 Å². The highest BCUT2D eigenvalue weighted by Crippen LogP contribution is 2.19. The minimum Gasteiger partial charge on any atom is -0.306 e. The summed E-state index contributed by atoms with van der Waals surface area (Å²) in [5.41, 5.74) is 0. The Bertz CT molecular complexity index is 684. The van der Waals surface area contributed by atoms with Crippen LogP contribution in [-0.4, -0.2) is 32.2 Å². The Morgan fingerprint density at radius 3 is 1.71 bits per heavy atom. The predicted molar refractivity (Wildman–Crippen MR) is 77.4 cm³/mol. The van der Waals surface area contributed by atoms with Crippen molar-refractivity contribution in [1.29, 1.82) is 0 Å². The first kappa shape index (κ1) is 13.1. The standard InChI is InChI=1S/C12H10N6O2S/c19-11(15-9-3-5-13-17-9)7-1-2-8(21-7)12(20)16-10-4-6-14-18-10/h1-6H,(H2,13,15,17,19)(H2,14,16,18,20). The summed E-state index contributed by atoms with van der Waals surface area (Å²) in [6, 6.07) is 6.46. The quantitative estimate of drug-likeness (QED) is 0.587. The Hall–Kier alpha value is -2.94. The molecule has 3 aromatic heterocycles. The van der Waals surface area contributed by atoms with Gasteiger partial charge >= 0.3 is 0 Å². The van der Waals surface area contributed by atoms with Crippen LogP contribution in [0.3, 0.4) is 0 Å². The van der Waals surface area contributed by atoms with E-state index in [1.54, 1.807) is 24.3 Å². The van der Waals surface area contributed by atoms with Crippen molar-refractivity contribution in [2.24, 2.45) is 0 Å². The summed E-state index contributed by atoms with van der Waals surface area (Å²) < 4.78 is 0. The van der Waals surface area contributed by atoms with E-state index in [-0.39, 0.29) is 11.8 Å².